The largest absolute Gasteiger partial charge is 0.460 e. The lowest BCUT2D eigenvalue weighted by Crippen LogP contribution is -2.43. The van der Waals surface area contributed by atoms with Gasteiger partial charge in [-0.2, -0.15) is 4.98 Å². The van der Waals surface area contributed by atoms with Crippen LogP contribution in [-0.2, 0) is 0 Å². The predicted octanol–water partition coefficient (Wildman–Crippen LogP) is 4.06. The lowest BCUT2D eigenvalue weighted by Gasteiger charge is -2.31. The summed E-state index contributed by atoms with van der Waals surface area (Å²) < 4.78 is 7.39. The Balaban J connectivity index is 1.65. The van der Waals surface area contributed by atoms with Gasteiger partial charge in [-0.3, -0.25) is 4.57 Å². The van der Waals surface area contributed by atoms with E-state index in [0.717, 1.165) is 18.4 Å². The van der Waals surface area contributed by atoms with Crippen molar-refractivity contribution in [1.82, 2.24) is 19.5 Å². The second kappa shape index (κ2) is 7.16. The summed E-state index contributed by atoms with van der Waals surface area (Å²) in [5.41, 5.74) is 7.56. The van der Waals surface area contributed by atoms with Gasteiger partial charge in [-0.15, -0.1) is 0 Å². The Kier molecular flexibility index (Phi) is 4.70. The van der Waals surface area contributed by atoms with Crippen LogP contribution in [0.2, 0.25) is 10.0 Å². The average Bonchev–Trinajstić information content (AvgIpc) is 3.12. The van der Waals surface area contributed by atoms with Crippen LogP contribution in [0, 0.1) is 6.57 Å². The van der Waals surface area contributed by atoms with Gasteiger partial charge in [0.15, 0.2) is 5.82 Å². The van der Waals surface area contributed by atoms with E-state index in [0.29, 0.717) is 27.2 Å². The van der Waals surface area contributed by atoms with Crippen LogP contribution in [0.15, 0.2) is 36.9 Å². The average molecular weight is 401 g/mol. The third-order valence-corrected chi connectivity index (χ3v) is 5.03. The van der Waals surface area contributed by atoms with Gasteiger partial charge in [0.1, 0.15) is 12.4 Å². The predicted molar refractivity (Wildman–Crippen MR) is 102 cm³/mol. The highest BCUT2D eigenvalue weighted by atomic mass is 35.5. The first-order valence-electron chi connectivity index (χ1n) is 8.20. The van der Waals surface area contributed by atoms with Crippen LogP contribution in [0.1, 0.15) is 12.8 Å². The molecule has 3 aromatic rings. The van der Waals surface area contributed by atoms with E-state index >= 15 is 0 Å². The molecular weight excluding hydrogens is 387 g/mol. The van der Waals surface area contributed by atoms with Crippen LogP contribution in [0.5, 0.6) is 6.01 Å². The summed E-state index contributed by atoms with van der Waals surface area (Å²) in [7, 11) is 0. The molecule has 1 aliphatic carbocycles. The molecular formula is C18H14Cl2N6O. The van der Waals surface area contributed by atoms with E-state index < -0.39 is 0 Å². The molecule has 0 bridgehead atoms. The Morgan fingerprint density at radius 1 is 1.22 bits per heavy atom. The number of aromatic nitrogens is 4. The van der Waals surface area contributed by atoms with E-state index in [1.165, 1.54) is 6.20 Å². The maximum Gasteiger partial charge on any atom is 0.316 e. The number of benzene rings is 1. The van der Waals surface area contributed by atoms with Crippen molar-refractivity contribution >= 4 is 28.9 Å². The standard InChI is InChI=1S/C18H14Cl2N6O/c1-22-15-7-23-18(27-12-5-11(21)6-12)25-17(15)26-8-16(24-9-26)10-2-3-13(19)14(20)4-10/h2-4,7-9,11-12H,5-6,21H2. The first-order chi connectivity index (χ1) is 13.0. The van der Waals surface area contributed by atoms with Gasteiger partial charge in [-0.05, 0) is 25.0 Å². The maximum absolute atomic E-state index is 7.36. The van der Waals surface area contributed by atoms with Crippen molar-refractivity contribution in [1.29, 1.82) is 0 Å². The molecule has 0 spiro atoms. The quantitative estimate of drug-likeness (QED) is 0.667. The van der Waals surface area contributed by atoms with Gasteiger partial charge in [0.25, 0.3) is 0 Å². The summed E-state index contributed by atoms with van der Waals surface area (Å²) in [6.07, 6.45) is 6.35. The second-order valence-corrected chi connectivity index (χ2v) is 7.05. The van der Waals surface area contributed by atoms with Gasteiger partial charge in [-0.1, -0.05) is 29.3 Å². The minimum Gasteiger partial charge on any atom is -0.460 e. The molecule has 0 radical (unpaired) electrons. The Bertz CT molecular complexity index is 1040. The number of ether oxygens (including phenoxy) is 1. The molecule has 7 nitrogen and oxygen atoms in total. The smallest absolute Gasteiger partial charge is 0.316 e. The normalized spacial score (nSPS) is 18.6. The number of nitrogens with two attached hydrogens (primary N) is 1. The van der Waals surface area contributed by atoms with Crippen molar-refractivity contribution in [2.24, 2.45) is 5.73 Å². The zero-order chi connectivity index (χ0) is 19.0. The molecule has 4 rings (SSSR count). The minimum atomic E-state index is 0.0150. The zero-order valence-electron chi connectivity index (χ0n) is 14.0. The number of halogens is 2. The summed E-state index contributed by atoms with van der Waals surface area (Å²) in [6, 6.07) is 5.66. The summed E-state index contributed by atoms with van der Waals surface area (Å²) in [5.74, 6) is 0.400. The van der Waals surface area contributed by atoms with Gasteiger partial charge >= 0.3 is 6.01 Å². The highest BCUT2D eigenvalue weighted by molar-refractivity contribution is 6.42. The fourth-order valence-electron chi connectivity index (χ4n) is 2.77. The Labute approximate surface area is 165 Å². The van der Waals surface area contributed by atoms with Gasteiger partial charge < -0.3 is 10.5 Å². The molecule has 2 aromatic heterocycles. The Morgan fingerprint density at radius 3 is 2.74 bits per heavy atom. The van der Waals surface area contributed by atoms with E-state index in [9.17, 15) is 0 Å². The van der Waals surface area contributed by atoms with Crippen LogP contribution in [0.4, 0.5) is 5.69 Å². The van der Waals surface area contributed by atoms with Gasteiger partial charge in [0.05, 0.1) is 22.3 Å². The lowest BCUT2D eigenvalue weighted by molar-refractivity contribution is 0.0904. The molecule has 0 amide bonds. The van der Waals surface area contributed by atoms with Gasteiger partial charge in [0.2, 0.25) is 5.69 Å². The van der Waals surface area contributed by atoms with Gasteiger partial charge in [-0.25, -0.2) is 14.8 Å². The summed E-state index contributed by atoms with van der Waals surface area (Å²) >= 11 is 12.0. The molecule has 1 saturated carbocycles. The zero-order valence-corrected chi connectivity index (χ0v) is 15.5. The van der Waals surface area contributed by atoms with E-state index in [-0.39, 0.29) is 18.2 Å². The van der Waals surface area contributed by atoms with Crippen molar-refractivity contribution < 1.29 is 4.74 Å². The Hall–Kier alpha value is -2.66. The topological polar surface area (TPSA) is 83.2 Å². The molecule has 0 atom stereocenters. The summed E-state index contributed by atoms with van der Waals surface area (Å²) in [6.45, 7) is 7.36. The molecule has 2 heterocycles. The van der Waals surface area contributed by atoms with E-state index in [4.69, 9.17) is 40.2 Å². The SMILES string of the molecule is [C-]#[N+]c1cnc(OC2CC(N)C2)nc1-n1cnc(-c2ccc(Cl)c(Cl)c2)c1. The fraction of sp³-hybridized carbons (Fsp3) is 0.222. The third-order valence-electron chi connectivity index (χ3n) is 4.29. The molecule has 0 saturated heterocycles. The summed E-state index contributed by atoms with van der Waals surface area (Å²) in [4.78, 5) is 16.4. The van der Waals surface area contributed by atoms with Crippen LogP contribution in [0.25, 0.3) is 21.9 Å². The van der Waals surface area contributed by atoms with Crippen molar-refractivity contribution in [2.75, 3.05) is 0 Å². The third kappa shape index (κ3) is 3.60. The monoisotopic (exact) mass is 400 g/mol. The van der Waals surface area contributed by atoms with Crippen LogP contribution < -0.4 is 10.5 Å². The number of hydrogen-bond acceptors (Lipinski definition) is 5. The van der Waals surface area contributed by atoms with Crippen LogP contribution in [0.3, 0.4) is 0 Å². The number of rotatable bonds is 4. The van der Waals surface area contributed by atoms with Crippen molar-refractivity contribution in [3.05, 3.63) is 58.4 Å². The van der Waals surface area contributed by atoms with Crippen molar-refractivity contribution in [2.45, 2.75) is 25.0 Å². The van der Waals surface area contributed by atoms with E-state index in [1.807, 2.05) is 6.07 Å². The highest BCUT2D eigenvalue weighted by Crippen LogP contribution is 2.30. The molecule has 1 fully saturated rings. The lowest BCUT2D eigenvalue weighted by atomic mass is 9.90. The number of hydrogen-bond donors (Lipinski definition) is 1. The molecule has 1 aromatic carbocycles. The van der Waals surface area contributed by atoms with Gasteiger partial charge in [0, 0.05) is 24.0 Å². The molecule has 9 heteroatoms. The fourth-order valence-corrected chi connectivity index (χ4v) is 3.07. The first kappa shape index (κ1) is 17.7. The van der Waals surface area contributed by atoms with E-state index in [2.05, 4.69) is 19.8 Å². The van der Waals surface area contributed by atoms with E-state index in [1.54, 1.807) is 29.2 Å². The summed E-state index contributed by atoms with van der Waals surface area (Å²) in [5, 5.41) is 0.922. The van der Waals surface area contributed by atoms with Crippen molar-refractivity contribution in [3.8, 4) is 23.1 Å². The highest BCUT2D eigenvalue weighted by Gasteiger charge is 2.28. The molecule has 136 valence electrons. The maximum atomic E-state index is 7.36. The molecule has 27 heavy (non-hydrogen) atoms. The molecule has 1 aliphatic rings. The number of nitrogens with zero attached hydrogens (tertiary/aromatic N) is 5. The van der Waals surface area contributed by atoms with Crippen molar-refractivity contribution in [3.63, 3.8) is 0 Å². The molecule has 2 N–H and O–H groups in total. The number of imidazole rings is 1. The van der Waals surface area contributed by atoms with Crippen LogP contribution in [-0.4, -0.2) is 31.7 Å². The molecule has 0 unspecified atom stereocenters. The first-order valence-corrected chi connectivity index (χ1v) is 8.95. The second-order valence-electron chi connectivity index (χ2n) is 6.24. The molecule has 0 aliphatic heterocycles. The minimum absolute atomic E-state index is 0.0150. The Morgan fingerprint density at radius 2 is 2.04 bits per heavy atom. The van der Waals surface area contributed by atoms with Crippen LogP contribution >= 0.6 is 23.2 Å².